The van der Waals surface area contributed by atoms with E-state index in [-0.39, 0.29) is 25.5 Å². The van der Waals surface area contributed by atoms with Gasteiger partial charge in [-0.25, -0.2) is 4.39 Å². The Morgan fingerprint density at radius 1 is 1.67 bits per heavy atom. The molecule has 2 aliphatic heterocycles. The number of amides is 1. The zero-order chi connectivity index (χ0) is 11.3. The number of hydrogen-bond acceptors (Lipinski definition) is 3. The van der Waals surface area contributed by atoms with Crippen LogP contribution in [0.25, 0.3) is 0 Å². The molecule has 5 heteroatoms. The van der Waals surface area contributed by atoms with Gasteiger partial charge < -0.3 is 14.7 Å². The van der Waals surface area contributed by atoms with E-state index in [9.17, 15) is 9.18 Å². The lowest BCUT2D eigenvalue weighted by Gasteiger charge is -2.30. The van der Waals surface area contributed by atoms with Gasteiger partial charge in [-0.05, 0) is 13.8 Å². The third kappa shape index (κ3) is 1.45. The molecule has 0 aromatic carbocycles. The van der Waals surface area contributed by atoms with Crippen LogP contribution in [0.2, 0.25) is 0 Å². The molecule has 15 heavy (non-hydrogen) atoms. The summed E-state index contributed by atoms with van der Waals surface area (Å²) < 4.78 is 19.6. The topological polar surface area (TPSA) is 49.8 Å². The van der Waals surface area contributed by atoms with Gasteiger partial charge in [-0.1, -0.05) is 0 Å². The zero-order valence-corrected chi connectivity index (χ0v) is 8.99. The van der Waals surface area contributed by atoms with E-state index < -0.39 is 17.3 Å². The summed E-state index contributed by atoms with van der Waals surface area (Å²) in [5, 5.41) is 8.76. The van der Waals surface area contributed by atoms with Crippen LogP contribution in [0.5, 0.6) is 0 Å². The van der Waals surface area contributed by atoms with Crippen molar-refractivity contribution in [3.05, 3.63) is 0 Å². The Bertz CT molecular complexity index is 294. The van der Waals surface area contributed by atoms with Crippen molar-refractivity contribution in [2.75, 3.05) is 13.2 Å². The summed E-state index contributed by atoms with van der Waals surface area (Å²) in [5.41, 5.74) is -2.61. The average molecular weight is 217 g/mol. The normalized spacial score (nSPS) is 38.5. The molecule has 0 aliphatic carbocycles. The first-order valence-corrected chi connectivity index (χ1v) is 5.18. The van der Waals surface area contributed by atoms with Crippen LogP contribution in [0.15, 0.2) is 0 Å². The molecule has 4 nitrogen and oxygen atoms in total. The smallest absolute Gasteiger partial charge is 0.262 e. The van der Waals surface area contributed by atoms with Gasteiger partial charge in [0.05, 0.1) is 12.6 Å². The first-order chi connectivity index (χ1) is 6.91. The second kappa shape index (κ2) is 3.15. The maximum absolute atomic E-state index is 14.2. The third-order valence-electron chi connectivity index (χ3n) is 3.24. The fourth-order valence-corrected chi connectivity index (χ4v) is 2.51. The monoisotopic (exact) mass is 217 g/mol. The molecule has 2 fully saturated rings. The average Bonchev–Trinajstić information content (AvgIpc) is 2.53. The van der Waals surface area contributed by atoms with Crippen molar-refractivity contribution in [1.82, 2.24) is 4.90 Å². The molecular formula is C10H16FNO3. The molecule has 0 spiro atoms. The van der Waals surface area contributed by atoms with Crippen LogP contribution in [0.1, 0.15) is 26.7 Å². The summed E-state index contributed by atoms with van der Waals surface area (Å²) in [7, 11) is 0. The third-order valence-corrected chi connectivity index (χ3v) is 3.24. The number of rotatable bonds is 2. The standard InChI is InChI=1S/C10H16FNO3/c1-9(2)12-7(6-15-9)5-10(11,3-4-13)8(12)14/h7,13H,3-6H2,1-2H3/t7-,10-/m0/s1. The van der Waals surface area contributed by atoms with Crippen LogP contribution in [0.4, 0.5) is 4.39 Å². The molecule has 2 saturated heterocycles. The number of aliphatic hydroxyl groups excluding tert-OH is 1. The summed E-state index contributed by atoms with van der Waals surface area (Å²) in [6.07, 6.45) is 0.0186. The first-order valence-electron chi connectivity index (χ1n) is 5.18. The van der Waals surface area contributed by atoms with E-state index in [1.165, 1.54) is 4.90 Å². The van der Waals surface area contributed by atoms with Crippen molar-refractivity contribution in [2.24, 2.45) is 0 Å². The lowest BCUT2D eigenvalue weighted by Crippen LogP contribution is -2.47. The van der Waals surface area contributed by atoms with Crippen molar-refractivity contribution < 1.29 is 19.0 Å². The predicted molar refractivity (Wildman–Crippen MR) is 50.8 cm³/mol. The van der Waals surface area contributed by atoms with Gasteiger partial charge in [-0.3, -0.25) is 4.79 Å². The Labute approximate surface area is 88.0 Å². The number of aliphatic hydroxyl groups is 1. The van der Waals surface area contributed by atoms with E-state index in [4.69, 9.17) is 9.84 Å². The van der Waals surface area contributed by atoms with Crippen LogP contribution < -0.4 is 0 Å². The zero-order valence-electron chi connectivity index (χ0n) is 8.99. The lowest BCUT2D eigenvalue weighted by molar-refractivity contribution is -0.152. The van der Waals surface area contributed by atoms with Gasteiger partial charge in [-0.2, -0.15) is 0 Å². The fraction of sp³-hybridized carbons (Fsp3) is 0.900. The van der Waals surface area contributed by atoms with Gasteiger partial charge in [0.2, 0.25) is 0 Å². The fourth-order valence-electron chi connectivity index (χ4n) is 2.51. The molecule has 2 heterocycles. The first kappa shape index (κ1) is 10.8. The highest BCUT2D eigenvalue weighted by Crippen LogP contribution is 2.43. The minimum absolute atomic E-state index is 0.116. The number of alkyl halides is 1. The maximum Gasteiger partial charge on any atom is 0.262 e. The molecule has 86 valence electrons. The van der Waals surface area contributed by atoms with Crippen molar-refractivity contribution in [3.63, 3.8) is 0 Å². The van der Waals surface area contributed by atoms with Crippen molar-refractivity contribution in [1.29, 1.82) is 0 Å². The Morgan fingerprint density at radius 3 is 2.87 bits per heavy atom. The number of nitrogens with zero attached hydrogens (tertiary/aromatic N) is 1. The van der Waals surface area contributed by atoms with Crippen LogP contribution in [-0.2, 0) is 9.53 Å². The highest BCUT2D eigenvalue weighted by molar-refractivity contribution is 5.88. The number of halogens is 1. The summed E-state index contributed by atoms with van der Waals surface area (Å²) in [5.74, 6) is -0.538. The molecule has 0 aromatic rings. The number of ether oxygens (including phenoxy) is 1. The number of hydrogen-bond donors (Lipinski definition) is 1. The van der Waals surface area contributed by atoms with Crippen molar-refractivity contribution >= 4 is 5.91 Å². The van der Waals surface area contributed by atoms with Crippen molar-refractivity contribution in [3.8, 4) is 0 Å². The largest absolute Gasteiger partial charge is 0.396 e. The molecule has 0 aromatic heterocycles. The molecular weight excluding hydrogens is 201 g/mol. The molecule has 1 N–H and O–H groups in total. The van der Waals surface area contributed by atoms with Crippen LogP contribution >= 0.6 is 0 Å². The van der Waals surface area contributed by atoms with Gasteiger partial charge in [0.25, 0.3) is 5.91 Å². The van der Waals surface area contributed by atoms with Gasteiger partial charge >= 0.3 is 0 Å². The summed E-state index contributed by atoms with van der Waals surface area (Å²) in [4.78, 5) is 13.3. The molecule has 2 atom stereocenters. The maximum atomic E-state index is 14.2. The van der Waals surface area contributed by atoms with Crippen molar-refractivity contribution in [2.45, 2.75) is 44.1 Å². The van der Waals surface area contributed by atoms with E-state index in [1.807, 2.05) is 0 Å². The second-order valence-electron chi connectivity index (χ2n) is 4.73. The Hall–Kier alpha value is -0.680. The Morgan fingerprint density at radius 2 is 2.33 bits per heavy atom. The Kier molecular flexibility index (Phi) is 2.28. The molecule has 0 radical (unpaired) electrons. The SMILES string of the molecule is CC1(C)OC[C@@H]2C[C@@](F)(CCO)C(=O)N21. The Balaban J connectivity index is 2.24. The van der Waals surface area contributed by atoms with E-state index in [2.05, 4.69) is 0 Å². The number of carbonyl (C=O) groups is 1. The summed E-state index contributed by atoms with van der Waals surface area (Å²) >= 11 is 0. The van der Waals surface area contributed by atoms with E-state index in [1.54, 1.807) is 13.8 Å². The molecule has 1 amide bonds. The molecule has 0 saturated carbocycles. The van der Waals surface area contributed by atoms with Crippen LogP contribution in [-0.4, -0.2) is 46.6 Å². The highest BCUT2D eigenvalue weighted by atomic mass is 19.1. The highest BCUT2D eigenvalue weighted by Gasteiger charge is 2.59. The van der Waals surface area contributed by atoms with Gasteiger partial charge in [0, 0.05) is 19.4 Å². The van der Waals surface area contributed by atoms with E-state index >= 15 is 0 Å². The molecule has 0 bridgehead atoms. The van der Waals surface area contributed by atoms with Crippen LogP contribution in [0.3, 0.4) is 0 Å². The second-order valence-corrected chi connectivity index (χ2v) is 4.73. The van der Waals surface area contributed by atoms with Gasteiger partial charge in [0.15, 0.2) is 5.67 Å². The number of carbonyl (C=O) groups excluding carboxylic acids is 1. The van der Waals surface area contributed by atoms with E-state index in [0.29, 0.717) is 6.61 Å². The summed E-state index contributed by atoms with van der Waals surface area (Å²) in [6, 6.07) is -0.177. The predicted octanol–water partition coefficient (Wildman–Crippen LogP) is 0.444. The van der Waals surface area contributed by atoms with Gasteiger partial charge in [-0.15, -0.1) is 0 Å². The lowest BCUT2D eigenvalue weighted by atomic mass is 9.98. The van der Waals surface area contributed by atoms with Crippen LogP contribution in [0, 0.1) is 0 Å². The van der Waals surface area contributed by atoms with E-state index in [0.717, 1.165) is 0 Å². The minimum atomic E-state index is -1.89. The quantitative estimate of drug-likeness (QED) is 0.730. The molecule has 0 unspecified atom stereocenters. The minimum Gasteiger partial charge on any atom is -0.396 e. The summed E-state index contributed by atoms with van der Waals surface area (Å²) in [6.45, 7) is 3.60. The molecule has 2 rings (SSSR count). The number of fused-ring (bicyclic) bond motifs is 1. The van der Waals surface area contributed by atoms with Gasteiger partial charge in [0.1, 0.15) is 5.72 Å². The molecule has 2 aliphatic rings.